The second-order valence-electron chi connectivity index (χ2n) is 7.59. The lowest BCUT2D eigenvalue weighted by Gasteiger charge is -2.22. The van der Waals surface area contributed by atoms with Crippen LogP contribution in [0, 0.1) is 0 Å². The molecule has 8 nitrogen and oxygen atoms in total. The van der Waals surface area contributed by atoms with Gasteiger partial charge in [0.05, 0.1) is 17.7 Å². The van der Waals surface area contributed by atoms with E-state index in [1.807, 2.05) is 6.07 Å². The van der Waals surface area contributed by atoms with Gasteiger partial charge in [-0.3, -0.25) is 14.4 Å². The van der Waals surface area contributed by atoms with Crippen LogP contribution in [0.5, 0.6) is 5.75 Å². The topological polar surface area (TPSA) is 133 Å². The predicted octanol–water partition coefficient (Wildman–Crippen LogP) is 2.39. The van der Waals surface area contributed by atoms with Gasteiger partial charge in [-0.15, -0.1) is 0 Å². The average molecular weight is 444 g/mol. The molecule has 0 heterocycles. The number of carboxylic acid groups (broad SMARTS) is 1. The minimum absolute atomic E-state index is 0.0226. The van der Waals surface area contributed by atoms with E-state index in [0.29, 0.717) is 0 Å². The standard InChI is InChI=1S/C25H20N2O6/c28-19-11-10-17(21-22(19)24(31)16-9-5-4-8-15(16)23(21)30)26-13-20(29)27-18(25(32)33)12-14-6-2-1-3-7-14/h1-11,18,26,28H,12-13H2,(H,27,29)(H,32,33)/t18-/m0/s1. The number of amides is 1. The number of benzene rings is 3. The summed E-state index contributed by atoms with van der Waals surface area (Å²) in [5.41, 5.74) is 1.21. The molecular weight excluding hydrogens is 424 g/mol. The van der Waals surface area contributed by atoms with Gasteiger partial charge in [-0.05, 0) is 17.7 Å². The smallest absolute Gasteiger partial charge is 0.326 e. The van der Waals surface area contributed by atoms with E-state index in [2.05, 4.69) is 10.6 Å². The second-order valence-corrected chi connectivity index (χ2v) is 7.59. The summed E-state index contributed by atoms with van der Waals surface area (Å²) in [6, 6.07) is 16.8. The first-order chi connectivity index (χ1) is 15.9. The van der Waals surface area contributed by atoms with Gasteiger partial charge in [0.25, 0.3) is 0 Å². The molecule has 0 saturated heterocycles. The molecule has 3 aromatic rings. The molecule has 8 heteroatoms. The van der Waals surface area contributed by atoms with Crippen molar-refractivity contribution in [1.82, 2.24) is 5.32 Å². The van der Waals surface area contributed by atoms with E-state index in [1.54, 1.807) is 36.4 Å². The first kappa shape index (κ1) is 21.8. The van der Waals surface area contributed by atoms with Crippen LogP contribution in [0.3, 0.4) is 0 Å². The zero-order valence-electron chi connectivity index (χ0n) is 17.4. The van der Waals surface area contributed by atoms with Gasteiger partial charge in [0.1, 0.15) is 11.8 Å². The molecule has 1 aliphatic carbocycles. The number of carboxylic acids is 1. The number of ketones is 2. The molecular formula is C25H20N2O6. The van der Waals surface area contributed by atoms with Crippen LogP contribution in [-0.2, 0) is 16.0 Å². The SMILES string of the molecule is O=C(CNc1ccc(O)c2c1C(=O)c1ccccc1C2=O)N[C@@H](Cc1ccccc1)C(=O)O. The Bertz CT molecular complexity index is 1270. The summed E-state index contributed by atoms with van der Waals surface area (Å²) in [5, 5.41) is 25.0. The molecule has 0 unspecified atom stereocenters. The number of phenols is 1. The maximum Gasteiger partial charge on any atom is 0.326 e. The van der Waals surface area contributed by atoms with Gasteiger partial charge < -0.3 is 20.8 Å². The molecule has 0 aromatic heterocycles. The number of hydrogen-bond acceptors (Lipinski definition) is 6. The summed E-state index contributed by atoms with van der Waals surface area (Å²) in [6.45, 7) is -0.334. The number of hydrogen-bond donors (Lipinski definition) is 4. The van der Waals surface area contributed by atoms with Crippen LogP contribution in [0.25, 0.3) is 0 Å². The fourth-order valence-corrected chi connectivity index (χ4v) is 3.82. The Hall–Kier alpha value is -4.46. The summed E-state index contributed by atoms with van der Waals surface area (Å²) in [6.07, 6.45) is 0.111. The number of anilines is 1. The van der Waals surface area contributed by atoms with Crippen molar-refractivity contribution in [2.24, 2.45) is 0 Å². The fourth-order valence-electron chi connectivity index (χ4n) is 3.82. The monoisotopic (exact) mass is 444 g/mol. The van der Waals surface area contributed by atoms with Gasteiger partial charge >= 0.3 is 5.97 Å². The third-order valence-electron chi connectivity index (χ3n) is 5.41. The molecule has 0 fully saturated rings. The van der Waals surface area contributed by atoms with Crippen LogP contribution in [0.4, 0.5) is 5.69 Å². The third-order valence-corrected chi connectivity index (χ3v) is 5.41. The number of nitrogens with one attached hydrogen (secondary N) is 2. The van der Waals surface area contributed by atoms with E-state index in [1.165, 1.54) is 24.3 Å². The Morgan fingerprint density at radius 2 is 1.42 bits per heavy atom. The number of phenolic OH excluding ortho intramolecular Hbond substituents is 1. The predicted molar refractivity (Wildman–Crippen MR) is 120 cm³/mol. The summed E-state index contributed by atoms with van der Waals surface area (Å²) < 4.78 is 0. The van der Waals surface area contributed by atoms with Crippen molar-refractivity contribution in [3.63, 3.8) is 0 Å². The lowest BCUT2D eigenvalue weighted by Crippen LogP contribution is -2.44. The van der Waals surface area contributed by atoms with Crippen molar-refractivity contribution in [1.29, 1.82) is 0 Å². The normalized spacial score (nSPS) is 13.0. The molecule has 4 N–H and O–H groups in total. The molecule has 0 aliphatic heterocycles. The van der Waals surface area contributed by atoms with Crippen molar-refractivity contribution in [3.05, 3.63) is 94.5 Å². The van der Waals surface area contributed by atoms with Crippen LogP contribution in [0.15, 0.2) is 66.7 Å². The van der Waals surface area contributed by atoms with E-state index in [-0.39, 0.29) is 46.7 Å². The van der Waals surface area contributed by atoms with Crippen LogP contribution >= 0.6 is 0 Å². The van der Waals surface area contributed by atoms with Gasteiger partial charge in [-0.1, -0.05) is 54.6 Å². The average Bonchev–Trinajstić information content (AvgIpc) is 2.81. The van der Waals surface area contributed by atoms with Gasteiger partial charge in [0, 0.05) is 23.2 Å². The molecule has 0 bridgehead atoms. The molecule has 0 radical (unpaired) electrons. The Labute approximate surface area is 188 Å². The largest absolute Gasteiger partial charge is 0.507 e. The first-order valence-electron chi connectivity index (χ1n) is 10.2. The van der Waals surface area contributed by atoms with Crippen LogP contribution in [0.1, 0.15) is 37.4 Å². The molecule has 1 atom stereocenters. The number of carbonyl (C=O) groups excluding carboxylic acids is 3. The number of aromatic hydroxyl groups is 1. The van der Waals surface area contributed by atoms with Crippen molar-refractivity contribution in [2.75, 3.05) is 11.9 Å². The zero-order chi connectivity index (χ0) is 23.5. The summed E-state index contributed by atoms with van der Waals surface area (Å²) >= 11 is 0. The molecule has 1 aliphatic rings. The zero-order valence-corrected chi connectivity index (χ0v) is 17.4. The first-order valence-corrected chi connectivity index (χ1v) is 10.2. The van der Waals surface area contributed by atoms with Crippen molar-refractivity contribution < 1.29 is 29.4 Å². The lowest BCUT2D eigenvalue weighted by atomic mass is 9.82. The Morgan fingerprint density at radius 3 is 2.06 bits per heavy atom. The van der Waals surface area contributed by atoms with Crippen LogP contribution in [0.2, 0.25) is 0 Å². The summed E-state index contributed by atoms with van der Waals surface area (Å²) in [5.74, 6) is -3.05. The molecule has 3 aromatic carbocycles. The van der Waals surface area contributed by atoms with Crippen LogP contribution in [-0.4, -0.2) is 46.2 Å². The maximum atomic E-state index is 13.1. The third kappa shape index (κ3) is 4.31. The van der Waals surface area contributed by atoms with Gasteiger partial charge in [-0.25, -0.2) is 4.79 Å². The highest BCUT2D eigenvalue weighted by Gasteiger charge is 2.34. The highest BCUT2D eigenvalue weighted by molar-refractivity contribution is 6.31. The number of aliphatic carboxylic acids is 1. The Balaban J connectivity index is 1.52. The Morgan fingerprint density at radius 1 is 0.818 bits per heavy atom. The molecule has 4 rings (SSSR count). The number of carbonyl (C=O) groups is 4. The number of rotatable bonds is 7. The minimum atomic E-state index is -1.17. The van der Waals surface area contributed by atoms with E-state index in [9.17, 15) is 29.4 Å². The molecule has 33 heavy (non-hydrogen) atoms. The van der Waals surface area contributed by atoms with E-state index in [4.69, 9.17) is 0 Å². The summed E-state index contributed by atoms with van der Waals surface area (Å²) in [7, 11) is 0. The minimum Gasteiger partial charge on any atom is -0.507 e. The van der Waals surface area contributed by atoms with Gasteiger partial charge in [-0.2, -0.15) is 0 Å². The lowest BCUT2D eigenvalue weighted by molar-refractivity contribution is -0.141. The maximum absolute atomic E-state index is 13.1. The Kier molecular flexibility index (Phi) is 5.91. The van der Waals surface area contributed by atoms with Crippen molar-refractivity contribution >= 4 is 29.1 Å². The second kappa shape index (κ2) is 8.96. The number of fused-ring (bicyclic) bond motifs is 2. The van der Waals surface area contributed by atoms with Gasteiger partial charge in [0.2, 0.25) is 5.91 Å². The molecule has 166 valence electrons. The quantitative estimate of drug-likeness (QED) is 0.322. The fraction of sp³-hybridized carbons (Fsp3) is 0.120. The van der Waals surface area contributed by atoms with E-state index >= 15 is 0 Å². The van der Waals surface area contributed by atoms with Crippen molar-refractivity contribution in [2.45, 2.75) is 12.5 Å². The van der Waals surface area contributed by atoms with E-state index < -0.39 is 29.5 Å². The highest BCUT2D eigenvalue weighted by Crippen LogP contribution is 2.36. The van der Waals surface area contributed by atoms with Crippen LogP contribution < -0.4 is 10.6 Å². The molecule has 0 saturated carbocycles. The van der Waals surface area contributed by atoms with Crippen molar-refractivity contribution in [3.8, 4) is 5.75 Å². The van der Waals surface area contributed by atoms with Gasteiger partial charge in [0.15, 0.2) is 11.6 Å². The molecule has 1 amide bonds. The highest BCUT2D eigenvalue weighted by atomic mass is 16.4. The molecule has 0 spiro atoms. The summed E-state index contributed by atoms with van der Waals surface area (Å²) in [4.78, 5) is 50.0. The van der Waals surface area contributed by atoms with E-state index in [0.717, 1.165) is 5.56 Å².